The van der Waals surface area contributed by atoms with Crippen molar-refractivity contribution in [1.82, 2.24) is 0 Å². The van der Waals surface area contributed by atoms with E-state index in [0.717, 1.165) is 6.26 Å². The van der Waals surface area contributed by atoms with Crippen molar-refractivity contribution >= 4 is 22.1 Å². The summed E-state index contributed by atoms with van der Waals surface area (Å²) < 4.78 is 36.0. The highest BCUT2D eigenvalue weighted by Gasteiger charge is 2.23. The fraction of sp³-hybridized carbons (Fsp3) is 0.800. The van der Waals surface area contributed by atoms with Crippen LogP contribution in [0.4, 0.5) is 0 Å². The summed E-state index contributed by atoms with van der Waals surface area (Å²) in [5, 5.41) is 0. The summed E-state index contributed by atoms with van der Waals surface area (Å²) in [6, 6.07) is 0. The van der Waals surface area contributed by atoms with Crippen LogP contribution >= 0.6 is 0 Å². The molecule has 0 aromatic rings. The second kappa shape index (κ2) is 8.04. The molecule has 0 atom stereocenters. The van der Waals surface area contributed by atoms with Gasteiger partial charge in [0.2, 0.25) is 0 Å². The maximum Gasteiger partial charge on any atom is 0.308 e. The van der Waals surface area contributed by atoms with Crippen LogP contribution in [0.25, 0.3) is 0 Å². The summed E-state index contributed by atoms with van der Waals surface area (Å²) in [4.78, 5) is 22.5. The topological polar surface area (TPSA) is 96.0 Å². The molecule has 7 nitrogen and oxygen atoms in total. The molecule has 0 aromatic carbocycles. The molecule has 106 valence electrons. The number of esters is 2. The summed E-state index contributed by atoms with van der Waals surface area (Å²) in [5.74, 6) is -1.26. The van der Waals surface area contributed by atoms with Gasteiger partial charge in [-0.05, 0) is 13.8 Å². The lowest BCUT2D eigenvalue weighted by molar-refractivity contribution is -0.148. The molecule has 0 saturated heterocycles. The molecule has 0 fully saturated rings. The smallest absolute Gasteiger partial charge is 0.308 e. The molecule has 0 aliphatic heterocycles. The SMILES string of the molecule is CCOC(=O)CC(CC(=O)OCC)OS(C)(=O)=O. The third kappa shape index (κ3) is 8.94. The van der Waals surface area contributed by atoms with Crippen molar-refractivity contribution in [3.8, 4) is 0 Å². The van der Waals surface area contributed by atoms with Gasteiger partial charge in [-0.1, -0.05) is 0 Å². The first-order valence-electron chi connectivity index (χ1n) is 5.48. The first-order valence-corrected chi connectivity index (χ1v) is 7.29. The van der Waals surface area contributed by atoms with E-state index in [1.54, 1.807) is 13.8 Å². The molecule has 0 saturated carbocycles. The zero-order chi connectivity index (χ0) is 14.2. The zero-order valence-electron chi connectivity index (χ0n) is 10.7. The van der Waals surface area contributed by atoms with Gasteiger partial charge in [-0.15, -0.1) is 0 Å². The molecule has 0 radical (unpaired) electrons. The van der Waals surface area contributed by atoms with E-state index in [0.29, 0.717) is 0 Å². The minimum atomic E-state index is -3.76. The van der Waals surface area contributed by atoms with Crippen LogP contribution in [0, 0.1) is 0 Å². The second-order valence-corrected chi connectivity index (χ2v) is 5.04. The van der Waals surface area contributed by atoms with Gasteiger partial charge in [0.05, 0.1) is 38.4 Å². The summed E-state index contributed by atoms with van der Waals surface area (Å²) in [6.45, 7) is 3.58. The van der Waals surface area contributed by atoms with Gasteiger partial charge in [0.15, 0.2) is 0 Å². The first-order chi connectivity index (χ1) is 8.28. The van der Waals surface area contributed by atoms with Crippen molar-refractivity contribution in [3.63, 3.8) is 0 Å². The molecule has 0 unspecified atom stereocenters. The molecular weight excluding hydrogens is 264 g/mol. The van der Waals surface area contributed by atoms with Crippen LogP contribution in [-0.2, 0) is 33.4 Å². The Kier molecular flexibility index (Phi) is 7.53. The Hall–Kier alpha value is -1.15. The first kappa shape index (κ1) is 16.9. The lowest BCUT2D eigenvalue weighted by Gasteiger charge is -2.14. The number of carbonyl (C=O) groups excluding carboxylic acids is 2. The van der Waals surface area contributed by atoms with Crippen LogP contribution in [0.3, 0.4) is 0 Å². The lowest BCUT2D eigenvalue weighted by Crippen LogP contribution is -2.26. The molecule has 0 rings (SSSR count). The van der Waals surface area contributed by atoms with E-state index in [4.69, 9.17) is 0 Å². The van der Waals surface area contributed by atoms with Crippen molar-refractivity contribution < 1.29 is 31.7 Å². The van der Waals surface area contributed by atoms with Crippen molar-refractivity contribution in [2.24, 2.45) is 0 Å². The average molecular weight is 282 g/mol. The fourth-order valence-corrected chi connectivity index (χ4v) is 1.83. The molecule has 0 aromatic heterocycles. The molecule has 8 heteroatoms. The zero-order valence-corrected chi connectivity index (χ0v) is 11.5. The van der Waals surface area contributed by atoms with Gasteiger partial charge in [-0.2, -0.15) is 8.42 Å². The second-order valence-electron chi connectivity index (χ2n) is 3.44. The van der Waals surface area contributed by atoms with Crippen LogP contribution in [0.5, 0.6) is 0 Å². The maximum absolute atomic E-state index is 11.2. The third-order valence-corrected chi connectivity index (χ3v) is 2.33. The van der Waals surface area contributed by atoms with E-state index >= 15 is 0 Å². The largest absolute Gasteiger partial charge is 0.466 e. The normalized spacial score (nSPS) is 11.3. The Balaban J connectivity index is 4.52. The van der Waals surface area contributed by atoms with Crippen molar-refractivity contribution in [2.75, 3.05) is 19.5 Å². The predicted octanol–water partition coefficient (Wildman–Crippen LogP) is 0.238. The van der Waals surface area contributed by atoms with Gasteiger partial charge in [-0.3, -0.25) is 13.8 Å². The highest BCUT2D eigenvalue weighted by molar-refractivity contribution is 7.86. The van der Waals surface area contributed by atoms with Crippen LogP contribution in [0.15, 0.2) is 0 Å². The predicted molar refractivity (Wildman–Crippen MR) is 62.2 cm³/mol. The van der Waals surface area contributed by atoms with Gasteiger partial charge in [-0.25, -0.2) is 0 Å². The average Bonchev–Trinajstić information content (AvgIpc) is 2.14. The van der Waals surface area contributed by atoms with E-state index < -0.39 is 28.2 Å². The summed E-state index contributed by atoms with van der Waals surface area (Å²) in [7, 11) is -3.76. The highest BCUT2D eigenvalue weighted by atomic mass is 32.2. The molecule has 18 heavy (non-hydrogen) atoms. The van der Waals surface area contributed by atoms with Crippen LogP contribution < -0.4 is 0 Å². The summed E-state index contributed by atoms with van der Waals surface area (Å²) >= 11 is 0. The van der Waals surface area contributed by atoms with E-state index in [-0.39, 0.29) is 26.1 Å². The summed E-state index contributed by atoms with van der Waals surface area (Å²) in [5.41, 5.74) is 0. The van der Waals surface area contributed by atoms with Crippen molar-refractivity contribution in [3.05, 3.63) is 0 Å². The van der Waals surface area contributed by atoms with Gasteiger partial charge < -0.3 is 9.47 Å². The minimum absolute atomic E-state index is 0.170. The highest BCUT2D eigenvalue weighted by Crippen LogP contribution is 2.10. The fourth-order valence-electron chi connectivity index (χ4n) is 1.20. The van der Waals surface area contributed by atoms with Gasteiger partial charge in [0.1, 0.15) is 0 Å². The molecule has 0 spiro atoms. The van der Waals surface area contributed by atoms with Crippen LogP contribution in [0.2, 0.25) is 0 Å². The standard InChI is InChI=1S/C10H18O7S/c1-4-15-9(11)6-8(17-18(3,13)14)7-10(12)16-5-2/h8H,4-7H2,1-3H3. The van der Waals surface area contributed by atoms with Crippen molar-refractivity contribution in [2.45, 2.75) is 32.8 Å². The Bertz CT molecular complexity index is 354. The molecule has 0 bridgehead atoms. The van der Waals surface area contributed by atoms with Gasteiger partial charge >= 0.3 is 11.9 Å². The number of rotatable bonds is 8. The van der Waals surface area contributed by atoms with Crippen molar-refractivity contribution in [1.29, 1.82) is 0 Å². The van der Waals surface area contributed by atoms with Gasteiger partial charge in [0, 0.05) is 0 Å². The van der Waals surface area contributed by atoms with Crippen LogP contribution in [-0.4, -0.2) is 45.9 Å². The monoisotopic (exact) mass is 282 g/mol. The molecule has 0 heterocycles. The lowest BCUT2D eigenvalue weighted by atomic mass is 10.2. The third-order valence-electron chi connectivity index (χ3n) is 1.71. The summed E-state index contributed by atoms with van der Waals surface area (Å²) in [6.07, 6.45) is -0.895. The Labute approximate surface area is 107 Å². The van der Waals surface area contributed by atoms with E-state index in [1.165, 1.54) is 0 Å². The maximum atomic E-state index is 11.2. The van der Waals surface area contributed by atoms with E-state index in [9.17, 15) is 18.0 Å². The van der Waals surface area contributed by atoms with Gasteiger partial charge in [0.25, 0.3) is 10.1 Å². The Morgan fingerprint density at radius 2 is 1.39 bits per heavy atom. The molecule has 0 aliphatic rings. The Morgan fingerprint density at radius 3 is 1.67 bits per heavy atom. The quantitative estimate of drug-likeness (QED) is 0.464. The minimum Gasteiger partial charge on any atom is -0.466 e. The number of ether oxygens (including phenoxy) is 2. The molecular formula is C10H18O7S. The molecule has 0 aliphatic carbocycles. The number of carbonyl (C=O) groups is 2. The van der Waals surface area contributed by atoms with Crippen LogP contribution in [0.1, 0.15) is 26.7 Å². The molecule has 0 amide bonds. The van der Waals surface area contributed by atoms with E-state index in [1.807, 2.05) is 0 Å². The number of hydrogen-bond donors (Lipinski definition) is 0. The molecule has 0 N–H and O–H groups in total. The van der Waals surface area contributed by atoms with E-state index in [2.05, 4.69) is 13.7 Å². The Morgan fingerprint density at radius 1 is 1.00 bits per heavy atom. The number of hydrogen-bond acceptors (Lipinski definition) is 7.